The summed E-state index contributed by atoms with van der Waals surface area (Å²) in [7, 11) is 5.40. The Hall–Kier alpha value is -2.45. The number of unbranched alkanes of at least 4 members (excludes halogenated alkanes) is 20. The molecule has 0 aromatic carbocycles. The summed E-state index contributed by atoms with van der Waals surface area (Å²) in [5.74, 6) is -1.74. The first-order chi connectivity index (χ1) is 26.6. The number of hydrogen-bond donors (Lipinski definition) is 0. The van der Waals surface area contributed by atoms with Crippen LogP contribution in [0.2, 0.25) is 0 Å². The molecule has 320 valence electrons. The second kappa shape index (κ2) is 38.4. The lowest BCUT2D eigenvalue weighted by Crippen LogP contribution is -2.55. The van der Waals surface area contributed by atoms with Crippen LogP contribution in [-0.2, 0) is 28.6 Å². The predicted molar refractivity (Wildman–Crippen MR) is 227 cm³/mol. The van der Waals surface area contributed by atoms with Crippen LogP contribution >= 0.6 is 0 Å². The molecule has 8 heteroatoms. The quantitative estimate of drug-likeness (QED) is 0.0264. The van der Waals surface area contributed by atoms with Crippen molar-refractivity contribution in [1.29, 1.82) is 0 Å². The van der Waals surface area contributed by atoms with E-state index in [2.05, 4.69) is 50.3 Å². The summed E-state index contributed by atoms with van der Waals surface area (Å²) in [6, 6.07) is -0.722. The number of carbonyl (C=O) groups is 3. The highest BCUT2D eigenvalue weighted by atomic mass is 16.6. The van der Waals surface area contributed by atoms with Crippen molar-refractivity contribution >= 4 is 17.9 Å². The van der Waals surface area contributed by atoms with Crippen LogP contribution in [0.1, 0.15) is 194 Å². The number of aliphatic carboxylic acids is 1. The van der Waals surface area contributed by atoms with Crippen LogP contribution in [0, 0.1) is 0 Å². The van der Waals surface area contributed by atoms with Gasteiger partial charge in [0.25, 0.3) is 0 Å². The Morgan fingerprint density at radius 2 is 1.02 bits per heavy atom. The third kappa shape index (κ3) is 36.9. The molecule has 0 radical (unpaired) electrons. The van der Waals surface area contributed by atoms with E-state index in [0.29, 0.717) is 12.8 Å². The monoisotopic (exact) mass is 776 g/mol. The summed E-state index contributed by atoms with van der Waals surface area (Å²) in [6.45, 7) is 4.53. The fourth-order valence-corrected chi connectivity index (χ4v) is 6.56. The molecule has 0 aliphatic heterocycles. The van der Waals surface area contributed by atoms with E-state index in [1.807, 2.05) is 0 Å². The van der Waals surface area contributed by atoms with Crippen molar-refractivity contribution in [3.05, 3.63) is 36.5 Å². The maximum Gasteiger partial charge on any atom is 0.306 e. The van der Waals surface area contributed by atoms with Crippen LogP contribution in [0.25, 0.3) is 0 Å². The van der Waals surface area contributed by atoms with E-state index >= 15 is 0 Å². The van der Waals surface area contributed by atoms with E-state index in [9.17, 15) is 19.5 Å². The number of carbonyl (C=O) groups excluding carboxylic acids is 3. The first-order valence-corrected chi connectivity index (χ1v) is 22.5. The molecule has 0 aliphatic rings. The van der Waals surface area contributed by atoms with Gasteiger partial charge in [-0.3, -0.25) is 9.59 Å². The van der Waals surface area contributed by atoms with Gasteiger partial charge in [-0.1, -0.05) is 166 Å². The zero-order valence-electron chi connectivity index (χ0n) is 36.3. The Morgan fingerprint density at radius 1 is 0.564 bits per heavy atom. The average Bonchev–Trinajstić information content (AvgIpc) is 3.14. The molecule has 0 aromatic heterocycles. The maximum absolute atomic E-state index is 12.6. The third-order valence-electron chi connectivity index (χ3n) is 10.0. The van der Waals surface area contributed by atoms with Gasteiger partial charge in [-0.05, 0) is 44.9 Å². The molecule has 0 spiro atoms. The number of quaternary nitrogens is 1. The average molecular weight is 776 g/mol. The lowest BCUT2D eigenvalue weighted by atomic mass is 10.0. The number of hydrogen-bond acceptors (Lipinski definition) is 7. The van der Waals surface area contributed by atoms with Gasteiger partial charge in [0, 0.05) is 19.3 Å². The normalized spacial score (nSPS) is 13.3. The summed E-state index contributed by atoms with van der Waals surface area (Å²) in [5.41, 5.74) is 0. The number of likely N-dealkylation sites (N-methyl/N-ethyl adjacent to an activating group) is 1. The Labute approximate surface area is 338 Å². The molecular formula is C47H85NO7. The van der Waals surface area contributed by atoms with E-state index in [1.54, 1.807) is 21.1 Å². The molecule has 8 nitrogen and oxygen atoms in total. The summed E-state index contributed by atoms with van der Waals surface area (Å²) in [4.78, 5) is 36.7. The fourth-order valence-electron chi connectivity index (χ4n) is 6.56. The van der Waals surface area contributed by atoms with Gasteiger partial charge >= 0.3 is 11.9 Å². The first-order valence-electron chi connectivity index (χ1n) is 22.5. The van der Waals surface area contributed by atoms with Gasteiger partial charge in [0.15, 0.2) is 6.10 Å². The van der Waals surface area contributed by atoms with E-state index in [4.69, 9.17) is 14.2 Å². The smallest absolute Gasteiger partial charge is 0.306 e. The topological polar surface area (TPSA) is 102 Å². The summed E-state index contributed by atoms with van der Waals surface area (Å²) < 4.78 is 17.1. The van der Waals surface area contributed by atoms with Gasteiger partial charge in [-0.25, -0.2) is 0 Å². The van der Waals surface area contributed by atoms with E-state index in [1.165, 1.54) is 103 Å². The molecule has 0 saturated heterocycles. The highest BCUT2D eigenvalue weighted by Crippen LogP contribution is 2.15. The van der Waals surface area contributed by atoms with Crippen LogP contribution in [0.4, 0.5) is 0 Å². The third-order valence-corrected chi connectivity index (χ3v) is 10.0. The van der Waals surface area contributed by atoms with Gasteiger partial charge in [0.05, 0.1) is 40.3 Å². The number of carboxylic acids is 1. The summed E-state index contributed by atoms with van der Waals surface area (Å²) in [5, 5.41) is 11.6. The van der Waals surface area contributed by atoms with Crippen molar-refractivity contribution in [2.24, 2.45) is 0 Å². The fraction of sp³-hybridized carbons (Fsp3) is 0.809. The Morgan fingerprint density at radius 3 is 1.51 bits per heavy atom. The Balaban J connectivity index is 4.11. The molecule has 0 N–H and O–H groups in total. The highest BCUT2D eigenvalue weighted by Gasteiger charge is 2.25. The highest BCUT2D eigenvalue weighted by molar-refractivity contribution is 5.70. The van der Waals surface area contributed by atoms with Crippen LogP contribution in [0.3, 0.4) is 0 Å². The number of rotatable bonds is 40. The van der Waals surface area contributed by atoms with Gasteiger partial charge in [0.1, 0.15) is 12.6 Å². The van der Waals surface area contributed by atoms with Crippen molar-refractivity contribution in [3.63, 3.8) is 0 Å². The molecule has 0 bridgehead atoms. The van der Waals surface area contributed by atoms with Crippen molar-refractivity contribution in [3.8, 4) is 0 Å². The van der Waals surface area contributed by atoms with E-state index in [-0.39, 0.29) is 42.7 Å². The largest absolute Gasteiger partial charge is 0.544 e. The number of esters is 2. The van der Waals surface area contributed by atoms with Crippen LogP contribution in [0.5, 0.6) is 0 Å². The molecule has 0 rings (SSSR count). The molecule has 0 heterocycles. The van der Waals surface area contributed by atoms with Crippen LogP contribution < -0.4 is 5.11 Å². The van der Waals surface area contributed by atoms with E-state index in [0.717, 1.165) is 57.8 Å². The van der Waals surface area contributed by atoms with Crippen molar-refractivity contribution < 1.29 is 38.2 Å². The summed E-state index contributed by atoms with van der Waals surface area (Å²) in [6.07, 6.45) is 43.3. The molecule has 0 aliphatic carbocycles. The van der Waals surface area contributed by atoms with Gasteiger partial charge in [-0.2, -0.15) is 0 Å². The molecular weight excluding hydrogens is 691 g/mol. The predicted octanol–water partition coefficient (Wildman–Crippen LogP) is 10.9. The molecule has 0 fully saturated rings. The summed E-state index contributed by atoms with van der Waals surface area (Å²) >= 11 is 0. The second-order valence-electron chi connectivity index (χ2n) is 16.3. The number of allylic oxidation sites excluding steroid dienone is 6. The standard InChI is InChI=1S/C47H85NO7/c1-6-8-10-12-14-16-17-18-19-20-21-22-23-24-25-26-27-28-29-30-32-33-35-37-45(49)54-42-43(41-53-40-39-44(47(51)52)48(3,4)5)55-46(50)38-36-34-31-15-13-11-9-7-2/h8,10,14,16,18-19,43-44H,6-7,9,11-13,15,17,20-42H2,1-5H3/b10-8+,16-14+,19-18+. The molecule has 55 heavy (non-hydrogen) atoms. The molecule has 2 unspecified atom stereocenters. The lowest BCUT2D eigenvalue weighted by Gasteiger charge is -2.34. The Bertz CT molecular complexity index is 1000. The van der Waals surface area contributed by atoms with Crippen molar-refractivity contribution in [2.75, 3.05) is 41.0 Å². The molecule has 0 amide bonds. The van der Waals surface area contributed by atoms with E-state index < -0.39 is 18.1 Å². The lowest BCUT2D eigenvalue weighted by molar-refractivity contribution is -0.889. The molecule has 0 aromatic rings. The molecule has 2 atom stereocenters. The van der Waals surface area contributed by atoms with Crippen molar-refractivity contribution in [2.45, 2.75) is 206 Å². The number of nitrogens with zero attached hydrogens (tertiary/aromatic N) is 1. The molecule has 0 saturated carbocycles. The minimum Gasteiger partial charge on any atom is -0.544 e. The first kappa shape index (κ1) is 52.6. The van der Waals surface area contributed by atoms with Gasteiger partial charge in [0.2, 0.25) is 0 Å². The second-order valence-corrected chi connectivity index (χ2v) is 16.3. The van der Waals surface area contributed by atoms with Gasteiger partial charge in [-0.15, -0.1) is 0 Å². The zero-order valence-corrected chi connectivity index (χ0v) is 36.3. The van der Waals surface area contributed by atoms with Crippen LogP contribution in [0.15, 0.2) is 36.5 Å². The maximum atomic E-state index is 12.6. The minimum absolute atomic E-state index is 0.0433. The zero-order chi connectivity index (χ0) is 40.7. The van der Waals surface area contributed by atoms with Gasteiger partial charge < -0.3 is 28.6 Å². The SMILES string of the molecule is CC/C=C/C/C=C/C/C=C/CCCCCCCCCCCCCCCC(=O)OCC(COCCC(C(=O)[O-])[N+](C)(C)C)OC(=O)CCCCCCCCCC. The number of ether oxygens (including phenoxy) is 3. The minimum atomic E-state index is -1.12. The Kier molecular flexibility index (Phi) is 36.7. The number of carboxylic acid groups (broad SMARTS) is 1. The van der Waals surface area contributed by atoms with Crippen molar-refractivity contribution in [1.82, 2.24) is 0 Å². The van der Waals surface area contributed by atoms with Crippen LogP contribution in [-0.4, -0.2) is 75.5 Å².